The van der Waals surface area contributed by atoms with E-state index in [9.17, 15) is 13.6 Å². The number of hydrogen-bond acceptors (Lipinski definition) is 2. The molecule has 0 heterocycles. The van der Waals surface area contributed by atoms with Gasteiger partial charge in [-0.3, -0.25) is 4.79 Å². The van der Waals surface area contributed by atoms with E-state index in [0.717, 1.165) is 12.1 Å². The highest BCUT2D eigenvalue weighted by molar-refractivity contribution is 6.33. The number of anilines is 2. The van der Waals surface area contributed by atoms with Crippen LogP contribution in [0.2, 0.25) is 5.02 Å². The van der Waals surface area contributed by atoms with E-state index in [1.165, 1.54) is 18.2 Å². The molecule has 0 atom stereocenters. The number of carbonyl (C=O) groups is 1. The Kier molecular flexibility index (Phi) is 3.66. The number of amides is 1. The quantitative estimate of drug-likeness (QED) is 0.829. The minimum atomic E-state index is -1.08. The summed E-state index contributed by atoms with van der Waals surface area (Å²) in [7, 11) is 0. The highest BCUT2D eigenvalue weighted by Gasteiger charge is 2.10. The summed E-state index contributed by atoms with van der Waals surface area (Å²) in [6.07, 6.45) is 0. The minimum Gasteiger partial charge on any atom is -0.397 e. The largest absolute Gasteiger partial charge is 0.397 e. The first-order valence-electron chi connectivity index (χ1n) is 5.29. The molecule has 0 aliphatic carbocycles. The molecule has 3 N–H and O–H groups in total. The molecule has 0 aliphatic heterocycles. The molecule has 2 aromatic rings. The van der Waals surface area contributed by atoms with Crippen molar-refractivity contribution in [1.29, 1.82) is 0 Å². The van der Waals surface area contributed by atoms with Gasteiger partial charge < -0.3 is 11.1 Å². The molecule has 1 amide bonds. The van der Waals surface area contributed by atoms with Crippen LogP contribution in [0.4, 0.5) is 20.2 Å². The van der Waals surface area contributed by atoms with E-state index in [4.69, 9.17) is 17.3 Å². The van der Waals surface area contributed by atoms with Gasteiger partial charge in [-0.15, -0.1) is 0 Å². The summed E-state index contributed by atoms with van der Waals surface area (Å²) in [6, 6.07) is 7.45. The standard InChI is InChI=1S/C13H9ClF2N2O/c14-9-3-2-8(6-12(9)17)18-13(19)7-1-4-10(15)11(16)5-7/h1-6H,17H2,(H,18,19). The summed E-state index contributed by atoms with van der Waals surface area (Å²) in [5, 5.41) is 2.87. The van der Waals surface area contributed by atoms with Gasteiger partial charge in [0.25, 0.3) is 5.91 Å². The van der Waals surface area contributed by atoms with Gasteiger partial charge in [0, 0.05) is 11.3 Å². The van der Waals surface area contributed by atoms with Gasteiger partial charge in [-0.25, -0.2) is 8.78 Å². The number of nitrogen functional groups attached to an aromatic ring is 1. The Morgan fingerprint density at radius 2 is 1.84 bits per heavy atom. The minimum absolute atomic E-state index is 0.00687. The first-order chi connectivity index (χ1) is 8.97. The molecule has 98 valence electrons. The zero-order chi connectivity index (χ0) is 14.0. The van der Waals surface area contributed by atoms with E-state index in [1.54, 1.807) is 6.07 Å². The Hall–Kier alpha value is -2.14. The van der Waals surface area contributed by atoms with E-state index >= 15 is 0 Å². The molecule has 0 aliphatic rings. The van der Waals surface area contributed by atoms with E-state index in [1.807, 2.05) is 0 Å². The molecule has 0 spiro atoms. The monoisotopic (exact) mass is 282 g/mol. The van der Waals surface area contributed by atoms with Crippen LogP contribution in [-0.4, -0.2) is 5.91 Å². The molecule has 2 rings (SSSR count). The number of hydrogen-bond donors (Lipinski definition) is 2. The fourth-order valence-corrected chi connectivity index (χ4v) is 1.58. The first-order valence-corrected chi connectivity index (χ1v) is 5.66. The molecular formula is C13H9ClF2N2O. The van der Waals surface area contributed by atoms with Gasteiger partial charge in [-0.2, -0.15) is 0 Å². The van der Waals surface area contributed by atoms with Crippen molar-refractivity contribution in [2.24, 2.45) is 0 Å². The average molecular weight is 283 g/mol. The van der Waals surface area contributed by atoms with Crippen molar-refractivity contribution in [1.82, 2.24) is 0 Å². The number of nitrogens with one attached hydrogen (secondary N) is 1. The normalized spacial score (nSPS) is 10.3. The third-order valence-corrected chi connectivity index (χ3v) is 2.78. The van der Waals surface area contributed by atoms with Crippen LogP contribution in [0.5, 0.6) is 0 Å². The third-order valence-electron chi connectivity index (χ3n) is 2.44. The second-order valence-corrected chi connectivity index (χ2v) is 4.23. The molecule has 0 radical (unpaired) electrons. The average Bonchev–Trinajstić information content (AvgIpc) is 2.37. The number of nitrogens with two attached hydrogens (primary N) is 1. The molecule has 0 bridgehead atoms. The maximum Gasteiger partial charge on any atom is 0.255 e. The fourth-order valence-electron chi connectivity index (χ4n) is 1.46. The van der Waals surface area contributed by atoms with Gasteiger partial charge in [0.2, 0.25) is 0 Å². The van der Waals surface area contributed by atoms with Crippen LogP contribution in [0, 0.1) is 11.6 Å². The Labute approximate surface area is 113 Å². The van der Waals surface area contributed by atoms with Crippen LogP contribution in [0.3, 0.4) is 0 Å². The van der Waals surface area contributed by atoms with E-state index in [-0.39, 0.29) is 5.56 Å². The maximum atomic E-state index is 13.0. The number of halogens is 3. The van der Waals surface area contributed by atoms with Gasteiger partial charge in [0.05, 0.1) is 10.7 Å². The smallest absolute Gasteiger partial charge is 0.255 e. The second-order valence-electron chi connectivity index (χ2n) is 3.82. The molecule has 0 unspecified atom stereocenters. The van der Waals surface area contributed by atoms with E-state index in [0.29, 0.717) is 16.4 Å². The zero-order valence-electron chi connectivity index (χ0n) is 9.58. The summed E-state index contributed by atoms with van der Waals surface area (Å²) in [5.74, 6) is -2.66. The van der Waals surface area contributed by atoms with Crippen molar-refractivity contribution in [2.45, 2.75) is 0 Å². The summed E-state index contributed by atoms with van der Waals surface area (Å²) < 4.78 is 25.8. The van der Waals surface area contributed by atoms with Crippen LogP contribution in [-0.2, 0) is 0 Å². The van der Waals surface area contributed by atoms with Crippen molar-refractivity contribution < 1.29 is 13.6 Å². The number of benzene rings is 2. The first kappa shape index (κ1) is 13.3. The lowest BCUT2D eigenvalue weighted by atomic mass is 10.2. The fraction of sp³-hybridized carbons (Fsp3) is 0. The lowest BCUT2D eigenvalue weighted by Gasteiger charge is -2.07. The number of carbonyl (C=O) groups excluding carboxylic acids is 1. The second kappa shape index (κ2) is 5.24. The number of rotatable bonds is 2. The third kappa shape index (κ3) is 3.00. The van der Waals surface area contributed by atoms with Gasteiger partial charge in [0.1, 0.15) is 0 Å². The molecular weight excluding hydrogens is 274 g/mol. The van der Waals surface area contributed by atoms with Crippen molar-refractivity contribution in [3.8, 4) is 0 Å². The summed E-state index contributed by atoms with van der Waals surface area (Å²) in [5.41, 5.74) is 6.32. The Morgan fingerprint density at radius 1 is 1.11 bits per heavy atom. The highest BCUT2D eigenvalue weighted by Crippen LogP contribution is 2.22. The molecule has 6 heteroatoms. The summed E-state index contributed by atoms with van der Waals surface area (Å²) in [4.78, 5) is 11.8. The lowest BCUT2D eigenvalue weighted by molar-refractivity contribution is 0.102. The highest BCUT2D eigenvalue weighted by atomic mass is 35.5. The van der Waals surface area contributed by atoms with Crippen LogP contribution in [0.25, 0.3) is 0 Å². The van der Waals surface area contributed by atoms with Crippen molar-refractivity contribution >= 4 is 28.9 Å². The molecule has 19 heavy (non-hydrogen) atoms. The van der Waals surface area contributed by atoms with Gasteiger partial charge in [-0.05, 0) is 36.4 Å². The van der Waals surface area contributed by atoms with Crippen LogP contribution < -0.4 is 11.1 Å². The summed E-state index contributed by atoms with van der Waals surface area (Å²) >= 11 is 5.74. The molecule has 0 aromatic heterocycles. The molecule has 0 fully saturated rings. The van der Waals surface area contributed by atoms with Crippen molar-refractivity contribution in [3.63, 3.8) is 0 Å². The molecule has 3 nitrogen and oxygen atoms in total. The van der Waals surface area contributed by atoms with Crippen LogP contribution >= 0.6 is 11.6 Å². The molecule has 0 saturated heterocycles. The Balaban J connectivity index is 2.20. The molecule has 0 saturated carbocycles. The molecule has 2 aromatic carbocycles. The van der Waals surface area contributed by atoms with Gasteiger partial charge in [0.15, 0.2) is 11.6 Å². The topological polar surface area (TPSA) is 55.1 Å². The zero-order valence-corrected chi connectivity index (χ0v) is 10.3. The van der Waals surface area contributed by atoms with Crippen LogP contribution in [0.15, 0.2) is 36.4 Å². The van der Waals surface area contributed by atoms with Crippen molar-refractivity contribution in [3.05, 3.63) is 58.6 Å². The van der Waals surface area contributed by atoms with Crippen molar-refractivity contribution in [2.75, 3.05) is 11.1 Å². The maximum absolute atomic E-state index is 13.0. The van der Waals surface area contributed by atoms with Gasteiger partial charge in [-0.1, -0.05) is 11.6 Å². The van der Waals surface area contributed by atoms with Crippen LogP contribution in [0.1, 0.15) is 10.4 Å². The van der Waals surface area contributed by atoms with E-state index < -0.39 is 17.5 Å². The predicted octanol–water partition coefficient (Wildman–Crippen LogP) is 3.45. The Morgan fingerprint density at radius 3 is 2.47 bits per heavy atom. The summed E-state index contributed by atoms with van der Waals surface area (Å²) in [6.45, 7) is 0. The van der Waals surface area contributed by atoms with E-state index in [2.05, 4.69) is 5.32 Å². The SMILES string of the molecule is Nc1cc(NC(=O)c2ccc(F)c(F)c2)ccc1Cl. The van der Waals surface area contributed by atoms with Gasteiger partial charge >= 0.3 is 0 Å². The predicted molar refractivity (Wildman–Crippen MR) is 70.2 cm³/mol. The lowest BCUT2D eigenvalue weighted by Crippen LogP contribution is -2.12. The Bertz CT molecular complexity index is 647.